The van der Waals surface area contributed by atoms with Crippen LogP contribution in [0.25, 0.3) is 0 Å². The van der Waals surface area contributed by atoms with Crippen molar-refractivity contribution in [1.29, 1.82) is 0 Å². The van der Waals surface area contributed by atoms with E-state index in [4.69, 9.17) is 5.11 Å². The van der Waals surface area contributed by atoms with Gasteiger partial charge >= 0.3 is 5.97 Å². The van der Waals surface area contributed by atoms with E-state index in [0.717, 1.165) is 6.42 Å². The van der Waals surface area contributed by atoms with Gasteiger partial charge in [-0.1, -0.05) is 0 Å². The van der Waals surface area contributed by atoms with Gasteiger partial charge in [-0.15, -0.1) is 0 Å². The van der Waals surface area contributed by atoms with Crippen molar-refractivity contribution in [3.63, 3.8) is 0 Å². The first kappa shape index (κ1) is 14.6. The summed E-state index contributed by atoms with van der Waals surface area (Å²) >= 11 is 0. The Labute approximate surface area is 117 Å². The number of aliphatic hydroxyl groups is 1. The first-order valence-corrected chi connectivity index (χ1v) is 6.78. The molecular formula is C14H20N2O4. The number of carbonyl (C=O) groups excluding carboxylic acids is 1. The van der Waals surface area contributed by atoms with Crippen molar-refractivity contribution in [2.75, 3.05) is 13.1 Å². The minimum atomic E-state index is -0.978. The van der Waals surface area contributed by atoms with E-state index in [0.29, 0.717) is 31.6 Å². The molecule has 0 spiro atoms. The molecule has 1 amide bonds. The summed E-state index contributed by atoms with van der Waals surface area (Å²) < 4.78 is 1.44. The van der Waals surface area contributed by atoms with Crippen LogP contribution in [0.4, 0.5) is 0 Å². The summed E-state index contributed by atoms with van der Waals surface area (Å²) in [5.41, 5.74) is -0.341. The second kappa shape index (κ2) is 5.66. The molecule has 2 rings (SSSR count). The van der Waals surface area contributed by atoms with Gasteiger partial charge in [0.15, 0.2) is 0 Å². The van der Waals surface area contributed by atoms with Crippen molar-refractivity contribution < 1.29 is 19.8 Å². The van der Waals surface area contributed by atoms with Crippen LogP contribution in [0.15, 0.2) is 18.3 Å². The summed E-state index contributed by atoms with van der Waals surface area (Å²) in [6.07, 6.45) is 3.55. The third-order valence-electron chi connectivity index (χ3n) is 3.71. The monoisotopic (exact) mass is 280 g/mol. The quantitative estimate of drug-likeness (QED) is 0.863. The Morgan fingerprint density at radius 3 is 2.80 bits per heavy atom. The van der Waals surface area contributed by atoms with Crippen LogP contribution in [-0.4, -0.2) is 50.2 Å². The van der Waals surface area contributed by atoms with E-state index in [-0.39, 0.29) is 12.5 Å². The third kappa shape index (κ3) is 3.39. The minimum absolute atomic E-state index is 0.172. The highest BCUT2D eigenvalue weighted by Crippen LogP contribution is 2.22. The zero-order valence-corrected chi connectivity index (χ0v) is 11.6. The summed E-state index contributed by atoms with van der Waals surface area (Å²) in [5.74, 6) is -1.15. The van der Waals surface area contributed by atoms with Gasteiger partial charge in [0, 0.05) is 19.3 Å². The molecule has 6 heteroatoms. The standard InChI is InChI=1S/C14H20N2O4/c1-14(20)5-3-8-15(9-6-14)13(19)11-4-2-7-16(11)10-12(17)18/h2,4,7,20H,3,5-6,8-10H2,1H3,(H,17,18). The number of carboxylic acids is 1. The van der Waals surface area contributed by atoms with E-state index < -0.39 is 11.6 Å². The molecule has 0 bridgehead atoms. The van der Waals surface area contributed by atoms with Crippen molar-refractivity contribution >= 4 is 11.9 Å². The second-order valence-electron chi connectivity index (χ2n) is 5.56. The summed E-state index contributed by atoms with van der Waals surface area (Å²) in [4.78, 5) is 24.9. The van der Waals surface area contributed by atoms with Gasteiger partial charge in [-0.2, -0.15) is 0 Å². The Morgan fingerprint density at radius 2 is 2.10 bits per heavy atom. The molecule has 1 aliphatic rings. The minimum Gasteiger partial charge on any atom is -0.480 e. The number of rotatable bonds is 3. The fraction of sp³-hybridized carbons (Fsp3) is 0.571. The molecule has 20 heavy (non-hydrogen) atoms. The maximum absolute atomic E-state index is 12.5. The topological polar surface area (TPSA) is 82.8 Å². The lowest BCUT2D eigenvalue weighted by Crippen LogP contribution is -2.35. The van der Waals surface area contributed by atoms with Gasteiger partial charge in [0.1, 0.15) is 12.2 Å². The normalized spacial score (nSPS) is 23.4. The number of nitrogens with zero attached hydrogens (tertiary/aromatic N) is 2. The number of aromatic nitrogens is 1. The molecule has 2 heterocycles. The summed E-state index contributed by atoms with van der Waals surface area (Å²) in [6.45, 7) is 2.64. The molecule has 0 saturated carbocycles. The van der Waals surface area contributed by atoms with Crippen molar-refractivity contribution in [2.24, 2.45) is 0 Å². The molecule has 0 aromatic carbocycles. The first-order valence-electron chi connectivity index (χ1n) is 6.78. The lowest BCUT2D eigenvalue weighted by molar-refractivity contribution is -0.137. The highest BCUT2D eigenvalue weighted by atomic mass is 16.4. The molecule has 1 unspecified atom stereocenters. The van der Waals surface area contributed by atoms with Gasteiger partial charge < -0.3 is 19.7 Å². The van der Waals surface area contributed by atoms with Crippen LogP contribution < -0.4 is 0 Å². The number of hydrogen-bond donors (Lipinski definition) is 2. The smallest absolute Gasteiger partial charge is 0.323 e. The lowest BCUT2D eigenvalue weighted by Gasteiger charge is -2.23. The van der Waals surface area contributed by atoms with Crippen LogP contribution in [-0.2, 0) is 11.3 Å². The van der Waals surface area contributed by atoms with Gasteiger partial charge in [0.2, 0.25) is 0 Å². The van der Waals surface area contributed by atoms with Gasteiger partial charge in [-0.25, -0.2) is 0 Å². The zero-order valence-electron chi connectivity index (χ0n) is 11.6. The Kier molecular flexibility index (Phi) is 4.13. The Balaban J connectivity index is 2.11. The number of hydrogen-bond acceptors (Lipinski definition) is 3. The summed E-state index contributed by atoms with van der Waals surface area (Å²) in [6, 6.07) is 3.30. The number of amides is 1. The molecule has 2 N–H and O–H groups in total. The first-order chi connectivity index (χ1) is 9.39. The molecule has 1 aliphatic heterocycles. The average Bonchev–Trinajstić information content (AvgIpc) is 2.71. The van der Waals surface area contributed by atoms with Crippen molar-refractivity contribution in [3.05, 3.63) is 24.0 Å². The predicted octanol–water partition coefficient (Wildman–Crippen LogP) is 0.950. The van der Waals surface area contributed by atoms with E-state index in [2.05, 4.69) is 0 Å². The molecule has 1 aromatic rings. The number of aliphatic carboxylic acids is 1. The fourth-order valence-electron chi connectivity index (χ4n) is 2.52. The largest absolute Gasteiger partial charge is 0.480 e. The van der Waals surface area contributed by atoms with Crippen LogP contribution in [0, 0.1) is 0 Å². The SMILES string of the molecule is CC1(O)CCCN(C(=O)c2cccn2CC(=O)O)CC1. The van der Waals surface area contributed by atoms with Gasteiger partial charge in [0.25, 0.3) is 5.91 Å². The molecule has 6 nitrogen and oxygen atoms in total. The summed E-state index contributed by atoms with van der Waals surface area (Å²) in [5, 5.41) is 18.9. The maximum atomic E-state index is 12.5. The van der Waals surface area contributed by atoms with Crippen molar-refractivity contribution in [1.82, 2.24) is 9.47 Å². The van der Waals surface area contributed by atoms with Gasteiger partial charge in [-0.3, -0.25) is 9.59 Å². The van der Waals surface area contributed by atoms with E-state index in [1.165, 1.54) is 4.57 Å². The van der Waals surface area contributed by atoms with Gasteiger partial charge in [0.05, 0.1) is 5.60 Å². The van der Waals surface area contributed by atoms with Crippen LogP contribution in [0.5, 0.6) is 0 Å². The zero-order chi connectivity index (χ0) is 14.8. The van der Waals surface area contributed by atoms with Crippen molar-refractivity contribution in [3.8, 4) is 0 Å². The Hall–Kier alpha value is -1.82. The third-order valence-corrected chi connectivity index (χ3v) is 3.71. The Morgan fingerprint density at radius 1 is 1.35 bits per heavy atom. The molecule has 1 atom stereocenters. The molecule has 1 saturated heterocycles. The van der Waals surface area contributed by atoms with Crippen LogP contribution in [0.2, 0.25) is 0 Å². The molecule has 0 radical (unpaired) electrons. The lowest BCUT2D eigenvalue weighted by atomic mass is 9.98. The number of carbonyl (C=O) groups is 2. The van der Waals surface area contributed by atoms with E-state index in [9.17, 15) is 14.7 Å². The van der Waals surface area contributed by atoms with Gasteiger partial charge in [-0.05, 0) is 38.3 Å². The van der Waals surface area contributed by atoms with Crippen LogP contribution in [0.1, 0.15) is 36.7 Å². The molecule has 0 aliphatic carbocycles. The van der Waals surface area contributed by atoms with E-state index >= 15 is 0 Å². The average molecular weight is 280 g/mol. The van der Waals surface area contributed by atoms with Crippen molar-refractivity contribution in [2.45, 2.75) is 38.3 Å². The van der Waals surface area contributed by atoms with E-state index in [1.807, 2.05) is 0 Å². The maximum Gasteiger partial charge on any atom is 0.323 e. The Bertz CT molecular complexity index is 507. The second-order valence-corrected chi connectivity index (χ2v) is 5.56. The predicted molar refractivity (Wildman–Crippen MR) is 72.4 cm³/mol. The highest BCUT2D eigenvalue weighted by molar-refractivity contribution is 5.93. The molecule has 1 fully saturated rings. The van der Waals surface area contributed by atoms with Crippen LogP contribution >= 0.6 is 0 Å². The van der Waals surface area contributed by atoms with Crippen LogP contribution in [0.3, 0.4) is 0 Å². The number of likely N-dealkylation sites (tertiary alicyclic amines) is 1. The molecule has 110 valence electrons. The number of carboxylic acid groups (broad SMARTS) is 1. The summed E-state index contributed by atoms with van der Waals surface area (Å²) in [7, 11) is 0. The van der Waals surface area contributed by atoms with E-state index in [1.54, 1.807) is 30.2 Å². The highest BCUT2D eigenvalue weighted by Gasteiger charge is 2.28. The molecular weight excluding hydrogens is 260 g/mol. The molecule has 1 aromatic heterocycles. The fourth-order valence-corrected chi connectivity index (χ4v) is 2.52.